The van der Waals surface area contributed by atoms with E-state index in [9.17, 15) is 28.5 Å². The number of hydrogen-bond donors (Lipinski definition) is 4. The predicted octanol–water partition coefficient (Wildman–Crippen LogP) is 27.4. The van der Waals surface area contributed by atoms with Crippen LogP contribution in [0.5, 0.6) is 0 Å². The van der Waals surface area contributed by atoms with Gasteiger partial charge in [-0.15, -0.1) is 0 Å². The first kappa shape index (κ1) is 101. The maximum Gasteiger partial charge on any atom is 0.472 e. The van der Waals surface area contributed by atoms with E-state index in [4.69, 9.17) is 27.6 Å². The second-order valence-electron chi connectivity index (χ2n) is 31.2. The molecule has 0 aromatic rings. The molecule has 0 bridgehead atoms. The SMILES string of the molecule is CCCCCCCCCCCCCC(=O)NC(COCC[C@H](CCCCCCC)CCCCCCCCCCCC)COP(=O)(O)OCCCCCCCCOP(=O)(O)OCC(COCC[C@H](CCCCCCC)CCCCCCCCCCCC)NC(=O)CCCCCCCCCCCCC. The van der Waals surface area contributed by atoms with Gasteiger partial charge in [0.15, 0.2) is 0 Å². The summed E-state index contributed by atoms with van der Waals surface area (Å²) in [7, 11) is -8.81. The number of hydrogen-bond acceptors (Lipinski definition) is 10. The highest BCUT2D eigenvalue weighted by Gasteiger charge is 2.26. The van der Waals surface area contributed by atoms with Crippen molar-refractivity contribution in [2.45, 2.75) is 477 Å². The molecule has 16 heteroatoms. The van der Waals surface area contributed by atoms with Crippen molar-refractivity contribution in [2.75, 3.05) is 52.9 Å². The number of ether oxygens (including phenoxy) is 2. The summed E-state index contributed by atoms with van der Waals surface area (Å²) in [5, 5.41) is 6.15. The number of carbonyl (C=O) groups is 2. The molecule has 102 heavy (non-hydrogen) atoms. The summed E-state index contributed by atoms with van der Waals surface area (Å²) in [5.41, 5.74) is 0. The van der Waals surface area contributed by atoms with Crippen molar-refractivity contribution in [3.8, 4) is 0 Å². The summed E-state index contributed by atoms with van der Waals surface area (Å²) < 4.78 is 61.0. The van der Waals surface area contributed by atoms with Crippen molar-refractivity contribution in [1.82, 2.24) is 10.6 Å². The summed E-state index contributed by atoms with van der Waals surface area (Å²) in [4.78, 5) is 48.2. The molecular formula is C86H174N2O12P2. The van der Waals surface area contributed by atoms with Gasteiger partial charge in [0.25, 0.3) is 0 Å². The minimum absolute atomic E-state index is 0.0538. The standard InChI is InChI=1S/C86H174N2O12P2/c1-7-13-19-25-29-33-37-41-45-53-61-69-85(89)87-83(77-95-75-71-81(65-57-49-23-17-11-5)67-59-51-43-39-35-31-27-21-15-9-3)79-99-101(91,92)97-73-63-55-47-48-56-64-74-98-102(93,94)100-80-84(88-86(90)70-62-54-46-42-38-34-30-26-20-14-8-2)78-96-76-72-82(66-58-50-24-18-12-6)68-60-52-44-40-36-32-28-22-16-10-4/h81-84H,7-80H2,1-6H3,(H,87,89)(H,88,90)(H,91,92)(H,93,94)/t81-,82-,83?,84?/m1/s1. The average Bonchev–Trinajstić information content (AvgIpc) is 1.01. The Morgan fingerprint density at radius 1 is 0.255 bits per heavy atom. The van der Waals surface area contributed by atoms with E-state index in [1.807, 2.05) is 0 Å². The third-order valence-electron chi connectivity index (χ3n) is 21.0. The van der Waals surface area contributed by atoms with E-state index < -0.39 is 27.7 Å². The molecule has 14 nitrogen and oxygen atoms in total. The van der Waals surface area contributed by atoms with Crippen LogP contribution in [-0.4, -0.2) is 86.5 Å². The van der Waals surface area contributed by atoms with Crippen LogP contribution in [0.15, 0.2) is 0 Å². The van der Waals surface area contributed by atoms with Crippen LogP contribution >= 0.6 is 15.6 Å². The molecule has 4 unspecified atom stereocenters. The molecule has 0 aliphatic carbocycles. The Hall–Kier alpha value is -0.920. The van der Waals surface area contributed by atoms with Crippen LogP contribution in [0.4, 0.5) is 0 Å². The second-order valence-corrected chi connectivity index (χ2v) is 34.1. The lowest BCUT2D eigenvalue weighted by Crippen LogP contribution is -2.41. The summed E-state index contributed by atoms with van der Waals surface area (Å²) in [5.74, 6) is 1.04. The largest absolute Gasteiger partial charge is 0.472 e. The van der Waals surface area contributed by atoms with Crippen molar-refractivity contribution in [3.63, 3.8) is 0 Å². The van der Waals surface area contributed by atoms with Gasteiger partial charge in [-0.05, 0) is 50.4 Å². The molecule has 0 spiro atoms. The van der Waals surface area contributed by atoms with Crippen LogP contribution < -0.4 is 10.6 Å². The Bertz CT molecular complexity index is 1690. The van der Waals surface area contributed by atoms with Crippen LogP contribution in [0.25, 0.3) is 0 Å². The van der Waals surface area contributed by atoms with Crippen LogP contribution in [0.2, 0.25) is 0 Å². The van der Waals surface area contributed by atoms with Crippen LogP contribution in [0.3, 0.4) is 0 Å². The molecule has 610 valence electrons. The number of phosphoric ester groups is 2. The molecule has 0 radical (unpaired) electrons. The van der Waals surface area contributed by atoms with Crippen molar-refractivity contribution in [1.29, 1.82) is 0 Å². The van der Waals surface area contributed by atoms with E-state index in [2.05, 4.69) is 52.2 Å². The zero-order chi connectivity index (χ0) is 74.4. The minimum atomic E-state index is -4.40. The first-order chi connectivity index (χ1) is 49.8. The highest BCUT2D eigenvalue weighted by atomic mass is 31.2. The third kappa shape index (κ3) is 75.9. The number of phosphoric acid groups is 2. The van der Waals surface area contributed by atoms with Gasteiger partial charge >= 0.3 is 15.6 Å². The van der Waals surface area contributed by atoms with Crippen molar-refractivity contribution in [3.05, 3.63) is 0 Å². The monoisotopic (exact) mass is 1490 g/mol. The van der Waals surface area contributed by atoms with E-state index in [0.717, 1.165) is 77.0 Å². The topological polar surface area (TPSA) is 188 Å². The van der Waals surface area contributed by atoms with Gasteiger partial charge in [0.1, 0.15) is 0 Å². The zero-order valence-electron chi connectivity index (χ0n) is 68.5. The maximum atomic E-state index is 13.3. The van der Waals surface area contributed by atoms with Gasteiger partial charge in [-0.25, -0.2) is 9.13 Å². The Balaban J connectivity index is 5.30. The highest BCUT2D eigenvalue weighted by molar-refractivity contribution is 7.47. The van der Waals surface area contributed by atoms with Crippen LogP contribution in [0, 0.1) is 11.8 Å². The molecular weight excluding hydrogens is 1310 g/mol. The molecule has 0 aromatic carbocycles. The Kier molecular flexibility index (Phi) is 78.9. The first-order valence-electron chi connectivity index (χ1n) is 44.8. The summed E-state index contributed by atoms with van der Waals surface area (Å²) in [6, 6.07) is -1.16. The number of rotatable bonds is 87. The van der Waals surface area contributed by atoms with Gasteiger partial charge in [-0.2, -0.15) is 0 Å². The van der Waals surface area contributed by atoms with E-state index >= 15 is 0 Å². The summed E-state index contributed by atoms with van der Waals surface area (Å²) in [6.07, 6.45) is 78.0. The molecule has 6 atom stereocenters. The quantitative estimate of drug-likeness (QED) is 0.0334. The Morgan fingerprint density at radius 2 is 0.461 bits per heavy atom. The first-order valence-corrected chi connectivity index (χ1v) is 47.8. The normalized spacial score (nSPS) is 14.2. The van der Waals surface area contributed by atoms with E-state index in [1.165, 1.54) is 321 Å². The van der Waals surface area contributed by atoms with Crippen molar-refractivity contribution >= 4 is 27.5 Å². The molecule has 0 aromatic heterocycles. The fraction of sp³-hybridized carbons (Fsp3) is 0.977. The minimum Gasteiger partial charge on any atom is -0.379 e. The van der Waals surface area contributed by atoms with Gasteiger partial charge in [0.2, 0.25) is 11.8 Å². The van der Waals surface area contributed by atoms with Gasteiger partial charge in [-0.1, -0.05) is 414 Å². The fourth-order valence-corrected chi connectivity index (χ4v) is 15.8. The molecule has 0 aliphatic rings. The van der Waals surface area contributed by atoms with Crippen LogP contribution in [-0.2, 0) is 46.3 Å². The van der Waals surface area contributed by atoms with E-state index in [-0.39, 0.29) is 51.5 Å². The molecule has 0 heterocycles. The lowest BCUT2D eigenvalue weighted by molar-refractivity contribution is -0.123. The predicted molar refractivity (Wildman–Crippen MR) is 435 cm³/mol. The number of nitrogens with one attached hydrogen (secondary N) is 2. The smallest absolute Gasteiger partial charge is 0.379 e. The molecule has 0 aliphatic heterocycles. The van der Waals surface area contributed by atoms with Gasteiger partial charge < -0.3 is 29.9 Å². The van der Waals surface area contributed by atoms with Crippen molar-refractivity contribution in [2.24, 2.45) is 11.8 Å². The lowest BCUT2D eigenvalue weighted by atomic mass is 9.91. The Morgan fingerprint density at radius 3 is 0.696 bits per heavy atom. The molecule has 2 amide bonds. The molecule has 4 N–H and O–H groups in total. The molecule has 0 fully saturated rings. The van der Waals surface area contributed by atoms with Gasteiger partial charge in [0.05, 0.1) is 51.7 Å². The number of carbonyl (C=O) groups excluding carboxylic acids is 2. The summed E-state index contributed by atoms with van der Waals surface area (Å²) in [6.45, 7) is 14.9. The fourth-order valence-electron chi connectivity index (χ4n) is 14.2. The van der Waals surface area contributed by atoms with E-state index in [0.29, 0.717) is 50.7 Å². The highest BCUT2D eigenvalue weighted by Crippen LogP contribution is 2.44. The molecule has 0 rings (SSSR count). The third-order valence-corrected chi connectivity index (χ3v) is 23.0. The Labute approximate surface area is 633 Å². The molecule has 0 saturated carbocycles. The molecule has 0 saturated heterocycles. The number of unbranched alkanes of at least 4 members (excludes halogenated alkanes) is 51. The lowest BCUT2D eigenvalue weighted by Gasteiger charge is -2.22. The zero-order valence-corrected chi connectivity index (χ0v) is 70.3. The van der Waals surface area contributed by atoms with Crippen LogP contribution in [0.1, 0.15) is 465 Å². The number of amides is 2. The summed E-state index contributed by atoms with van der Waals surface area (Å²) >= 11 is 0. The maximum absolute atomic E-state index is 13.3. The van der Waals surface area contributed by atoms with Gasteiger partial charge in [0, 0.05) is 26.1 Å². The average molecular weight is 1490 g/mol. The second kappa shape index (κ2) is 79.6. The van der Waals surface area contributed by atoms with E-state index in [1.54, 1.807) is 0 Å². The van der Waals surface area contributed by atoms with Crippen molar-refractivity contribution < 1.29 is 56.1 Å². The van der Waals surface area contributed by atoms with Gasteiger partial charge in [-0.3, -0.25) is 27.7 Å².